The molecular weight excluding hydrogens is 236 g/mol. The minimum atomic E-state index is -2.53. The van der Waals surface area contributed by atoms with Gasteiger partial charge in [0.25, 0.3) is 0 Å². The highest BCUT2D eigenvalue weighted by atomic mass is 19.3. The molecule has 1 aromatic carbocycles. The van der Waals surface area contributed by atoms with Crippen LogP contribution in [-0.4, -0.2) is 19.6 Å². The van der Waals surface area contributed by atoms with Crippen LogP contribution >= 0.6 is 0 Å². The number of benzene rings is 1. The lowest BCUT2D eigenvalue weighted by molar-refractivity contribution is -0.0509. The molecule has 100 valence electrons. The molecule has 0 atom stereocenters. The molecule has 1 aliphatic carbocycles. The number of methoxy groups -OCH3 is 1. The lowest BCUT2D eigenvalue weighted by atomic mass is 9.68. The Labute approximate surface area is 106 Å². The first kappa shape index (κ1) is 13.3. The maximum atomic E-state index is 13.3. The third-order valence-corrected chi connectivity index (χ3v) is 4.01. The Morgan fingerprint density at radius 3 is 2.44 bits per heavy atom. The van der Waals surface area contributed by atoms with Gasteiger partial charge in [-0.1, -0.05) is 12.1 Å². The summed E-state index contributed by atoms with van der Waals surface area (Å²) < 4.78 is 31.7. The fourth-order valence-electron chi connectivity index (χ4n) is 2.66. The fraction of sp³-hybridized carbons (Fsp3) is 0.571. The van der Waals surface area contributed by atoms with Crippen molar-refractivity contribution in [2.45, 2.75) is 37.0 Å². The maximum absolute atomic E-state index is 13.3. The summed E-state index contributed by atoms with van der Waals surface area (Å²) in [6.45, 7) is 0.399. The van der Waals surface area contributed by atoms with Crippen LogP contribution in [0.25, 0.3) is 0 Å². The second kappa shape index (κ2) is 4.84. The van der Waals surface area contributed by atoms with Gasteiger partial charge in [0.05, 0.1) is 7.11 Å². The third kappa shape index (κ3) is 2.48. The second-order valence-electron chi connectivity index (χ2n) is 5.07. The van der Waals surface area contributed by atoms with Crippen LogP contribution in [0.15, 0.2) is 24.3 Å². The van der Waals surface area contributed by atoms with E-state index in [2.05, 4.69) is 0 Å². The summed E-state index contributed by atoms with van der Waals surface area (Å²) in [5.41, 5.74) is 6.56. The van der Waals surface area contributed by atoms with Crippen molar-refractivity contribution >= 4 is 0 Å². The number of halogens is 2. The van der Waals surface area contributed by atoms with Gasteiger partial charge in [0.15, 0.2) is 0 Å². The Bertz CT molecular complexity index is 410. The first-order valence-corrected chi connectivity index (χ1v) is 6.24. The molecule has 2 N–H and O–H groups in total. The van der Waals surface area contributed by atoms with Gasteiger partial charge in [0.2, 0.25) is 5.92 Å². The van der Waals surface area contributed by atoms with Crippen molar-refractivity contribution in [1.82, 2.24) is 0 Å². The predicted molar refractivity (Wildman–Crippen MR) is 67.1 cm³/mol. The van der Waals surface area contributed by atoms with E-state index in [1.54, 1.807) is 7.11 Å². The van der Waals surface area contributed by atoms with Gasteiger partial charge >= 0.3 is 0 Å². The van der Waals surface area contributed by atoms with Crippen LogP contribution in [0.3, 0.4) is 0 Å². The number of nitrogens with two attached hydrogens (primary N) is 1. The zero-order valence-corrected chi connectivity index (χ0v) is 10.6. The zero-order chi connectivity index (χ0) is 13.2. The van der Waals surface area contributed by atoms with Crippen molar-refractivity contribution in [3.8, 4) is 5.75 Å². The molecule has 0 bridgehead atoms. The van der Waals surface area contributed by atoms with E-state index < -0.39 is 5.92 Å². The number of alkyl halides is 2. The second-order valence-corrected chi connectivity index (χ2v) is 5.07. The van der Waals surface area contributed by atoms with E-state index in [0.717, 1.165) is 11.3 Å². The maximum Gasteiger partial charge on any atom is 0.248 e. The Balaban J connectivity index is 2.27. The highest BCUT2D eigenvalue weighted by Gasteiger charge is 2.43. The van der Waals surface area contributed by atoms with Gasteiger partial charge in [0, 0.05) is 24.8 Å². The minimum absolute atomic E-state index is 0.0819. The topological polar surface area (TPSA) is 35.2 Å². The van der Waals surface area contributed by atoms with E-state index in [-0.39, 0.29) is 18.3 Å². The summed E-state index contributed by atoms with van der Waals surface area (Å²) >= 11 is 0. The Hall–Kier alpha value is -1.16. The van der Waals surface area contributed by atoms with Crippen LogP contribution in [0.1, 0.15) is 31.2 Å². The molecule has 0 aliphatic heterocycles. The molecular formula is C14H19F2NO. The van der Waals surface area contributed by atoms with Gasteiger partial charge in [-0.2, -0.15) is 0 Å². The quantitative estimate of drug-likeness (QED) is 0.900. The molecule has 1 fully saturated rings. The number of ether oxygens (including phenoxy) is 1. The van der Waals surface area contributed by atoms with E-state index >= 15 is 0 Å². The molecule has 4 heteroatoms. The van der Waals surface area contributed by atoms with Crippen LogP contribution in [0.5, 0.6) is 5.75 Å². The molecule has 0 spiro atoms. The van der Waals surface area contributed by atoms with Gasteiger partial charge < -0.3 is 10.5 Å². The van der Waals surface area contributed by atoms with Crippen LogP contribution < -0.4 is 10.5 Å². The van der Waals surface area contributed by atoms with Crippen LogP contribution in [0, 0.1) is 0 Å². The standard InChI is InChI=1S/C14H19F2NO/c1-18-12-4-2-3-11(9-12)13(10-17)5-7-14(15,16)8-6-13/h2-4,9H,5-8,10,17H2,1H3. The van der Waals surface area contributed by atoms with Gasteiger partial charge in [-0.25, -0.2) is 8.78 Å². The molecule has 0 radical (unpaired) electrons. The molecule has 0 unspecified atom stereocenters. The van der Waals surface area contributed by atoms with E-state index in [9.17, 15) is 8.78 Å². The molecule has 2 nitrogen and oxygen atoms in total. The summed E-state index contributed by atoms with van der Waals surface area (Å²) in [5, 5.41) is 0. The van der Waals surface area contributed by atoms with Crippen molar-refractivity contribution in [3.63, 3.8) is 0 Å². The lowest BCUT2D eigenvalue weighted by Gasteiger charge is -2.39. The highest BCUT2D eigenvalue weighted by molar-refractivity contribution is 5.35. The molecule has 0 aromatic heterocycles. The number of rotatable bonds is 3. The van der Waals surface area contributed by atoms with E-state index in [4.69, 9.17) is 10.5 Å². The lowest BCUT2D eigenvalue weighted by Crippen LogP contribution is -2.42. The zero-order valence-electron chi connectivity index (χ0n) is 10.6. The van der Waals surface area contributed by atoms with Crippen molar-refractivity contribution < 1.29 is 13.5 Å². The summed E-state index contributed by atoms with van der Waals surface area (Å²) in [7, 11) is 1.60. The number of hydrogen-bond donors (Lipinski definition) is 1. The molecule has 1 aliphatic rings. The summed E-state index contributed by atoms with van der Waals surface area (Å²) in [6.07, 6.45) is 0.705. The third-order valence-electron chi connectivity index (χ3n) is 4.01. The van der Waals surface area contributed by atoms with Crippen molar-refractivity contribution in [1.29, 1.82) is 0 Å². The Morgan fingerprint density at radius 2 is 1.89 bits per heavy atom. The molecule has 0 saturated heterocycles. The first-order valence-electron chi connectivity index (χ1n) is 6.24. The molecule has 1 aromatic rings. The van der Waals surface area contributed by atoms with E-state index in [1.807, 2.05) is 24.3 Å². The van der Waals surface area contributed by atoms with Crippen LogP contribution in [0.4, 0.5) is 8.78 Å². The van der Waals surface area contributed by atoms with Crippen molar-refractivity contribution in [2.24, 2.45) is 5.73 Å². The van der Waals surface area contributed by atoms with Gasteiger partial charge in [-0.15, -0.1) is 0 Å². The van der Waals surface area contributed by atoms with Crippen molar-refractivity contribution in [2.75, 3.05) is 13.7 Å². The molecule has 18 heavy (non-hydrogen) atoms. The first-order chi connectivity index (χ1) is 8.51. The minimum Gasteiger partial charge on any atom is -0.497 e. The van der Waals surface area contributed by atoms with Crippen molar-refractivity contribution in [3.05, 3.63) is 29.8 Å². The number of hydrogen-bond acceptors (Lipinski definition) is 2. The summed E-state index contributed by atoms with van der Waals surface area (Å²) in [6, 6.07) is 7.61. The highest BCUT2D eigenvalue weighted by Crippen LogP contribution is 2.45. The van der Waals surface area contributed by atoms with E-state index in [1.165, 1.54) is 0 Å². The molecule has 2 rings (SSSR count). The van der Waals surface area contributed by atoms with Gasteiger partial charge in [-0.3, -0.25) is 0 Å². The van der Waals surface area contributed by atoms with Gasteiger partial charge in [-0.05, 0) is 30.5 Å². The Kier molecular flexibility index (Phi) is 3.57. The monoisotopic (exact) mass is 255 g/mol. The fourth-order valence-corrected chi connectivity index (χ4v) is 2.66. The molecule has 0 heterocycles. The smallest absolute Gasteiger partial charge is 0.248 e. The van der Waals surface area contributed by atoms with Crippen LogP contribution in [-0.2, 0) is 5.41 Å². The molecule has 0 amide bonds. The SMILES string of the molecule is COc1cccc(C2(CN)CCC(F)(F)CC2)c1. The molecule has 1 saturated carbocycles. The average molecular weight is 255 g/mol. The average Bonchev–Trinajstić information content (AvgIpc) is 2.39. The van der Waals surface area contributed by atoms with E-state index in [0.29, 0.717) is 19.4 Å². The Morgan fingerprint density at radius 1 is 1.22 bits per heavy atom. The normalized spacial score (nSPS) is 21.6. The predicted octanol–water partition coefficient (Wildman–Crippen LogP) is 3.10. The van der Waals surface area contributed by atoms with Crippen LogP contribution in [0.2, 0.25) is 0 Å². The summed E-state index contributed by atoms with van der Waals surface area (Å²) in [5.74, 6) is -1.78. The largest absolute Gasteiger partial charge is 0.497 e. The summed E-state index contributed by atoms with van der Waals surface area (Å²) in [4.78, 5) is 0. The van der Waals surface area contributed by atoms with Gasteiger partial charge in [0.1, 0.15) is 5.75 Å².